The van der Waals surface area contributed by atoms with Crippen molar-refractivity contribution in [2.45, 2.75) is 40.3 Å². The molecule has 2 N–H and O–H groups in total. The van der Waals surface area contributed by atoms with Crippen LogP contribution in [-0.4, -0.2) is 24.3 Å². The summed E-state index contributed by atoms with van der Waals surface area (Å²) >= 11 is 0. The first kappa shape index (κ1) is 12.7. The molecule has 20 heavy (non-hydrogen) atoms. The summed E-state index contributed by atoms with van der Waals surface area (Å²) in [4.78, 5) is 8.70. The van der Waals surface area contributed by atoms with E-state index in [4.69, 9.17) is 10.2 Å². The van der Waals surface area contributed by atoms with Crippen molar-refractivity contribution in [3.8, 4) is 0 Å². The summed E-state index contributed by atoms with van der Waals surface area (Å²) in [5, 5.41) is 4.48. The standard InChI is InChI=1S/C13H18N6O/c1-5-18-12-10(8(3)17-18)16-13(14)19(12)9(4)11-15-6-7(2)20-11/h6,9H,5H2,1-4H3,(H2,14,16). The Bertz CT molecular complexity index is 765. The first-order valence-corrected chi connectivity index (χ1v) is 6.66. The Hall–Kier alpha value is -2.31. The molecule has 3 aromatic heterocycles. The van der Waals surface area contributed by atoms with Crippen LogP contribution in [0.5, 0.6) is 0 Å². The van der Waals surface area contributed by atoms with Crippen LogP contribution in [0.1, 0.15) is 37.2 Å². The van der Waals surface area contributed by atoms with Gasteiger partial charge in [-0.2, -0.15) is 5.10 Å². The zero-order chi connectivity index (χ0) is 14.4. The van der Waals surface area contributed by atoms with Gasteiger partial charge in [0.15, 0.2) is 5.65 Å². The Morgan fingerprint density at radius 2 is 2.15 bits per heavy atom. The highest BCUT2D eigenvalue weighted by Crippen LogP contribution is 2.28. The van der Waals surface area contributed by atoms with E-state index in [1.165, 1.54) is 0 Å². The number of nitrogens with zero attached hydrogens (tertiary/aromatic N) is 5. The molecule has 0 fully saturated rings. The van der Waals surface area contributed by atoms with E-state index in [2.05, 4.69) is 15.1 Å². The van der Waals surface area contributed by atoms with E-state index in [1.807, 2.05) is 36.9 Å². The number of nitrogens with two attached hydrogens (primary N) is 1. The highest BCUT2D eigenvalue weighted by atomic mass is 16.4. The van der Waals surface area contributed by atoms with E-state index >= 15 is 0 Å². The van der Waals surface area contributed by atoms with Gasteiger partial charge in [-0.3, -0.25) is 4.57 Å². The van der Waals surface area contributed by atoms with Gasteiger partial charge in [0.05, 0.1) is 11.9 Å². The van der Waals surface area contributed by atoms with Crippen LogP contribution < -0.4 is 5.73 Å². The van der Waals surface area contributed by atoms with E-state index < -0.39 is 0 Å². The van der Waals surface area contributed by atoms with E-state index in [-0.39, 0.29) is 6.04 Å². The molecule has 3 aromatic rings. The summed E-state index contributed by atoms with van der Waals surface area (Å²) in [6.45, 7) is 8.60. The van der Waals surface area contributed by atoms with Crippen LogP contribution in [0.25, 0.3) is 11.2 Å². The molecule has 3 heterocycles. The van der Waals surface area contributed by atoms with Crippen molar-refractivity contribution in [2.24, 2.45) is 0 Å². The molecule has 1 unspecified atom stereocenters. The summed E-state index contributed by atoms with van der Waals surface area (Å²) in [5.41, 5.74) is 8.70. The van der Waals surface area contributed by atoms with Crippen LogP contribution in [0.15, 0.2) is 10.6 Å². The maximum atomic E-state index is 6.08. The molecule has 7 nitrogen and oxygen atoms in total. The van der Waals surface area contributed by atoms with Gasteiger partial charge in [0.2, 0.25) is 11.8 Å². The number of hydrogen-bond donors (Lipinski definition) is 1. The van der Waals surface area contributed by atoms with Crippen molar-refractivity contribution in [2.75, 3.05) is 5.73 Å². The summed E-state index contributed by atoms with van der Waals surface area (Å²) in [6.07, 6.45) is 1.71. The lowest BCUT2D eigenvalue weighted by atomic mass is 10.3. The van der Waals surface area contributed by atoms with Gasteiger partial charge in [0.1, 0.15) is 17.3 Å². The van der Waals surface area contributed by atoms with Crippen molar-refractivity contribution in [3.05, 3.63) is 23.5 Å². The topological polar surface area (TPSA) is 87.7 Å². The van der Waals surface area contributed by atoms with Crippen molar-refractivity contribution < 1.29 is 4.42 Å². The number of imidazole rings is 1. The lowest BCUT2D eigenvalue weighted by molar-refractivity contribution is 0.418. The predicted octanol–water partition coefficient (Wildman–Crippen LogP) is 2.05. The zero-order valence-corrected chi connectivity index (χ0v) is 12.1. The maximum absolute atomic E-state index is 6.08. The lowest BCUT2D eigenvalue weighted by Gasteiger charge is -2.13. The number of oxazole rings is 1. The molecule has 0 aromatic carbocycles. The Labute approximate surface area is 116 Å². The molecule has 0 amide bonds. The van der Waals surface area contributed by atoms with Gasteiger partial charge >= 0.3 is 0 Å². The van der Waals surface area contributed by atoms with Crippen molar-refractivity contribution in [1.29, 1.82) is 0 Å². The molecular formula is C13H18N6O. The highest BCUT2D eigenvalue weighted by Gasteiger charge is 2.23. The molecule has 0 bridgehead atoms. The molecule has 3 rings (SSSR count). The number of aryl methyl sites for hydroxylation is 3. The summed E-state index contributed by atoms with van der Waals surface area (Å²) in [6, 6.07) is -0.130. The number of rotatable bonds is 3. The van der Waals surface area contributed by atoms with Crippen molar-refractivity contribution in [1.82, 2.24) is 24.3 Å². The first-order chi connectivity index (χ1) is 9.52. The van der Waals surface area contributed by atoms with Gasteiger partial charge in [-0.05, 0) is 27.7 Å². The number of aromatic nitrogens is 5. The summed E-state index contributed by atoms with van der Waals surface area (Å²) in [7, 11) is 0. The largest absolute Gasteiger partial charge is 0.444 e. The highest BCUT2D eigenvalue weighted by molar-refractivity contribution is 5.77. The fourth-order valence-corrected chi connectivity index (χ4v) is 2.48. The minimum atomic E-state index is -0.130. The third-order valence-corrected chi connectivity index (χ3v) is 3.45. The number of anilines is 1. The SMILES string of the molecule is CCn1nc(C)c2nc(N)n(C(C)c3ncc(C)o3)c21. The van der Waals surface area contributed by atoms with Crippen LogP contribution in [-0.2, 0) is 6.54 Å². The van der Waals surface area contributed by atoms with Crippen LogP contribution in [0.2, 0.25) is 0 Å². The maximum Gasteiger partial charge on any atom is 0.217 e. The molecule has 1 atom stereocenters. The molecular weight excluding hydrogens is 256 g/mol. The van der Waals surface area contributed by atoms with Crippen molar-refractivity contribution >= 4 is 17.1 Å². The fourth-order valence-electron chi connectivity index (χ4n) is 2.48. The van der Waals surface area contributed by atoms with E-state index in [0.29, 0.717) is 11.8 Å². The average Bonchev–Trinajstić information content (AvgIpc) is 3.05. The van der Waals surface area contributed by atoms with Gasteiger partial charge in [-0.1, -0.05) is 0 Å². The molecule has 106 valence electrons. The lowest BCUT2D eigenvalue weighted by Crippen LogP contribution is -2.13. The Kier molecular flexibility index (Phi) is 2.77. The van der Waals surface area contributed by atoms with Gasteiger partial charge in [0, 0.05) is 6.54 Å². The minimum Gasteiger partial charge on any atom is -0.444 e. The monoisotopic (exact) mass is 274 g/mol. The molecule has 0 saturated heterocycles. The van der Waals surface area contributed by atoms with E-state index in [9.17, 15) is 0 Å². The zero-order valence-electron chi connectivity index (χ0n) is 12.1. The van der Waals surface area contributed by atoms with E-state index in [1.54, 1.807) is 6.20 Å². The fraction of sp³-hybridized carbons (Fsp3) is 0.462. The second kappa shape index (κ2) is 4.36. The molecule has 0 spiro atoms. The van der Waals surface area contributed by atoms with E-state index in [0.717, 1.165) is 29.2 Å². The normalized spacial score (nSPS) is 13.2. The van der Waals surface area contributed by atoms with Gasteiger partial charge in [-0.15, -0.1) is 0 Å². The molecule has 0 radical (unpaired) electrons. The predicted molar refractivity (Wildman–Crippen MR) is 75.4 cm³/mol. The summed E-state index contributed by atoms with van der Waals surface area (Å²) < 4.78 is 9.43. The Balaban J connectivity index is 2.22. The van der Waals surface area contributed by atoms with Crippen molar-refractivity contribution in [3.63, 3.8) is 0 Å². The quantitative estimate of drug-likeness (QED) is 0.789. The Morgan fingerprint density at radius 1 is 1.40 bits per heavy atom. The molecule has 0 saturated carbocycles. The smallest absolute Gasteiger partial charge is 0.217 e. The first-order valence-electron chi connectivity index (χ1n) is 6.66. The molecule has 7 heteroatoms. The second-order valence-electron chi connectivity index (χ2n) is 4.90. The number of fused-ring (bicyclic) bond motifs is 1. The van der Waals surface area contributed by atoms with Gasteiger partial charge in [-0.25, -0.2) is 14.6 Å². The number of nitrogen functional groups attached to an aromatic ring is 1. The third kappa shape index (κ3) is 1.70. The number of hydrogen-bond acceptors (Lipinski definition) is 5. The third-order valence-electron chi connectivity index (χ3n) is 3.45. The molecule has 0 aliphatic carbocycles. The summed E-state index contributed by atoms with van der Waals surface area (Å²) in [5.74, 6) is 1.85. The molecule has 0 aliphatic rings. The van der Waals surface area contributed by atoms with Gasteiger partial charge in [0.25, 0.3) is 0 Å². The average molecular weight is 274 g/mol. The molecule has 0 aliphatic heterocycles. The van der Waals surface area contributed by atoms with Crippen LogP contribution in [0.4, 0.5) is 5.95 Å². The van der Waals surface area contributed by atoms with Crippen LogP contribution >= 0.6 is 0 Å². The second-order valence-corrected chi connectivity index (χ2v) is 4.90. The van der Waals surface area contributed by atoms with Crippen LogP contribution in [0.3, 0.4) is 0 Å². The van der Waals surface area contributed by atoms with Crippen LogP contribution in [0, 0.1) is 13.8 Å². The van der Waals surface area contributed by atoms with Gasteiger partial charge < -0.3 is 10.2 Å². The minimum absolute atomic E-state index is 0.130. The Morgan fingerprint density at radius 3 is 2.75 bits per heavy atom.